The molecule has 15 heavy (non-hydrogen) atoms. The number of piperazine rings is 1. The minimum atomic E-state index is 0.0216. The topological polar surface area (TPSA) is 61.0 Å². The van der Waals surface area contributed by atoms with Crippen LogP contribution >= 0.6 is 0 Å². The lowest BCUT2D eigenvalue weighted by atomic mass is 10.2. The first-order valence-corrected chi connectivity index (χ1v) is 5.22. The molecule has 1 saturated heterocycles. The summed E-state index contributed by atoms with van der Waals surface area (Å²) >= 11 is 0. The van der Waals surface area contributed by atoms with Crippen molar-refractivity contribution in [1.29, 1.82) is 0 Å². The van der Waals surface area contributed by atoms with Gasteiger partial charge in [-0.2, -0.15) is 5.10 Å². The van der Waals surface area contributed by atoms with E-state index in [0.29, 0.717) is 5.69 Å². The minimum Gasteiger partial charge on any atom is -0.332 e. The number of aromatic nitrogens is 2. The van der Waals surface area contributed by atoms with Crippen LogP contribution in [0.1, 0.15) is 23.1 Å². The lowest BCUT2D eigenvalue weighted by Gasteiger charge is -2.33. The van der Waals surface area contributed by atoms with Crippen LogP contribution in [0.5, 0.6) is 0 Å². The molecule has 1 aromatic rings. The van der Waals surface area contributed by atoms with Gasteiger partial charge in [0.2, 0.25) is 0 Å². The van der Waals surface area contributed by atoms with Gasteiger partial charge >= 0.3 is 0 Å². The molecule has 1 fully saturated rings. The number of hydrogen-bond acceptors (Lipinski definition) is 3. The number of rotatable bonds is 1. The third-order valence-electron chi connectivity index (χ3n) is 2.69. The van der Waals surface area contributed by atoms with E-state index in [2.05, 4.69) is 15.5 Å². The summed E-state index contributed by atoms with van der Waals surface area (Å²) in [4.78, 5) is 13.9. The number of carbonyl (C=O) groups is 1. The highest BCUT2D eigenvalue weighted by Crippen LogP contribution is 2.09. The predicted molar refractivity (Wildman–Crippen MR) is 56.7 cm³/mol. The number of aryl methyl sites for hydroxylation is 1. The van der Waals surface area contributed by atoms with Crippen LogP contribution < -0.4 is 5.32 Å². The Morgan fingerprint density at radius 1 is 1.67 bits per heavy atom. The van der Waals surface area contributed by atoms with Gasteiger partial charge in [0.05, 0.1) is 0 Å². The van der Waals surface area contributed by atoms with E-state index in [4.69, 9.17) is 0 Å². The molecular formula is C10H16N4O. The van der Waals surface area contributed by atoms with Crippen LogP contribution in [0.2, 0.25) is 0 Å². The highest BCUT2D eigenvalue weighted by molar-refractivity contribution is 5.92. The Bertz CT molecular complexity index is 360. The molecule has 0 bridgehead atoms. The van der Waals surface area contributed by atoms with Gasteiger partial charge in [-0.05, 0) is 19.9 Å². The number of H-pyrrole nitrogens is 1. The van der Waals surface area contributed by atoms with Gasteiger partial charge in [-0.3, -0.25) is 9.89 Å². The zero-order valence-corrected chi connectivity index (χ0v) is 9.08. The normalized spacial score (nSPS) is 21.7. The van der Waals surface area contributed by atoms with Gasteiger partial charge in [0, 0.05) is 31.4 Å². The summed E-state index contributed by atoms with van der Waals surface area (Å²) in [6, 6.07) is 2.03. The molecule has 0 aliphatic carbocycles. The molecule has 1 aromatic heterocycles. The van der Waals surface area contributed by atoms with Crippen molar-refractivity contribution in [3.8, 4) is 0 Å². The van der Waals surface area contributed by atoms with Crippen LogP contribution in [0.3, 0.4) is 0 Å². The number of nitrogens with one attached hydrogen (secondary N) is 2. The van der Waals surface area contributed by atoms with Crippen LogP contribution in [-0.4, -0.2) is 46.7 Å². The van der Waals surface area contributed by atoms with E-state index in [1.54, 1.807) is 6.07 Å². The van der Waals surface area contributed by atoms with Crippen LogP contribution in [-0.2, 0) is 0 Å². The zero-order chi connectivity index (χ0) is 10.8. The van der Waals surface area contributed by atoms with Crippen molar-refractivity contribution in [1.82, 2.24) is 20.4 Å². The second kappa shape index (κ2) is 4.02. The van der Waals surface area contributed by atoms with Gasteiger partial charge in [-0.1, -0.05) is 0 Å². The molecule has 82 valence electrons. The Hall–Kier alpha value is -1.36. The van der Waals surface area contributed by atoms with Crippen molar-refractivity contribution < 1.29 is 4.79 Å². The molecule has 1 atom stereocenters. The average Bonchev–Trinajstić information content (AvgIpc) is 2.65. The molecule has 1 aliphatic heterocycles. The molecule has 5 nitrogen and oxygen atoms in total. The predicted octanol–water partition coefficient (Wildman–Crippen LogP) is 0.152. The molecule has 5 heteroatoms. The molecule has 0 unspecified atom stereocenters. The van der Waals surface area contributed by atoms with Crippen molar-refractivity contribution in [3.05, 3.63) is 17.5 Å². The SMILES string of the molecule is Cc1cc(C(=O)N2CCNC[C@@H]2C)n[nH]1. The molecule has 0 aromatic carbocycles. The van der Waals surface area contributed by atoms with Gasteiger partial charge in [-0.15, -0.1) is 0 Å². The van der Waals surface area contributed by atoms with Gasteiger partial charge in [0.1, 0.15) is 5.69 Å². The van der Waals surface area contributed by atoms with E-state index in [1.165, 1.54) is 0 Å². The van der Waals surface area contributed by atoms with E-state index in [0.717, 1.165) is 25.3 Å². The molecule has 2 rings (SSSR count). The van der Waals surface area contributed by atoms with Crippen molar-refractivity contribution in [2.24, 2.45) is 0 Å². The lowest BCUT2D eigenvalue weighted by molar-refractivity contribution is 0.0649. The van der Waals surface area contributed by atoms with Crippen molar-refractivity contribution in [2.45, 2.75) is 19.9 Å². The first-order chi connectivity index (χ1) is 7.18. The monoisotopic (exact) mass is 208 g/mol. The van der Waals surface area contributed by atoms with Crippen LogP contribution in [0.4, 0.5) is 0 Å². The largest absolute Gasteiger partial charge is 0.332 e. The molecule has 2 N–H and O–H groups in total. The summed E-state index contributed by atoms with van der Waals surface area (Å²) in [7, 11) is 0. The molecule has 0 radical (unpaired) electrons. The Kier molecular flexibility index (Phi) is 2.73. The number of nitrogens with zero attached hydrogens (tertiary/aromatic N) is 2. The minimum absolute atomic E-state index is 0.0216. The number of aromatic amines is 1. The first-order valence-electron chi connectivity index (χ1n) is 5.22. The van der Waals surface area contributed by atoms with Gasteiger partial charge in [0.25, 0.3) is 5.91 Å². The summed E-state index contributed by atoms with van der Waals surface area (Å²) in [5.41, 5.74) is 1.43. The van der Waals surface area contributed by atoms with Gasteiger partial charge < -0.3 is 10.2 Å². The van der Waals surface area contributed by atoms with E-state index in [1.807, 2.05) is 18.7 Å². The first kappa shape index (κ1) is 10.2. The summed E-state index contributed by atoms with van der Waals surface area (Å²) < 4.78 is 0. The number of hydrogen-bond donors (Lipinski definition) is 2. The van der Waals surface area contributed by atoms with E-state index in [9.17, 15) is 4.79 Å². The Balaban J connectivity index is 2.13. The average molecular weight is 208 g/mol. The second-order valence-electron chi connectivity index (χ2n) is 3.99. The summed E-state index contributed by atoms with van der Waals surface area (Å²) in [5, 5.41) is 10.0. The number of amides is 1. The Morgan fingerprint density at radius 2 is 2.47 bits per heavy atom. The van der Waals surface area contributed by atoms with Crippen LogP contribution in [0.25, 0.3) is 0 Å². The lowest BCUT2D eigenvalue weighted by Crippen LogP contribution is -2.52. The maximum atomic E-state index is 12.0. The van der Waals surface area contributed by atoms with Gasteiger partial charge in [0.15, 0.2) is 0 Å². The standard InChI is InChI=1S/C10H16N4O/c1-7-5-9(13-12-7)10(15)14-4-3-11-6-8(14)2/h5,8,11H,3-4,6H2,1-2H3,(H,12,13)/t8-/m0/s1. The Labute approximate surface area is 88.8 Å². The molecule has 2 heterocycles. The number of carbonyl (C=O) groups excluding carboxylic acids is 1. The molecule has 1 aliphatic rings. The maximum Gasteiger partial charge on any atom is 0.274 e. The van der Waals surface area contributed by atoms with Gasteiger partial charge in [-0.25, -0.2) is 0 Å². The third kappa shape index (κ3) is 2.02. The zero-order valence-electron chi connectivity index (χ0n) is 9.08. The van der Waals surface area contributed by atoms with E-state index < -0.39 is 0 Å². The van der Waals surface area contributed by atoms with E-state index in [-0.39, 0.29) is 11.9 Å². The molecule has 1 amide bonds. The summed E-state index contributed by atoms with van der Waals surface area (Å²) in [6.07, 6.45) is 0. The molecule has 0 spiro atoms. The van der Waals surface area contributed by atoms with Crippen molar-refractivity contribution >= 4 is 5.91 Å². The van der Waals surface area contributed by atoms with E-state index >= 15 is 0 Å². The Morgan fingerprint density at radius 3 is 3.07 bits per heavy atom. The third-order valence-corrected chi connectivity index (χ3v) is 2.69. The second-order valence-corrected chi connectivity index (χ2v) is 3.99. The fourth-order valence-electron chi connectivity index (χ4n) is 1.82. The van der Waals surface area contributed by atoms with Crippen LogP contribution in [0.15, 0.2) is 6.07 Å². The van der Waals surface area contributed by atoms with Crippen molar-refractivity contribution in [2.75, 3.05) is 19.6 Å². The summed E-state index contributed by atoms with van der Waals surface area (Å²) in [6.45, 7) is 6.41. The summed E-state index contributed by atoms with van der Waals surface area (Å²) in [5.74, 6) is 0.0216. The smallest absolute Gasteiger partial charge is 0.274 e. The highest BCUT2D eigenvalue weighted by atomic mass is 16.2. The quantitative estimate of drug-likeness (QED) is 0.690. The highest BCUT2D eigenvalue weighted by Gasteiger charge is 2.25. The maximum absolute atomic E-state index is 12.0. The fraction of sp³-hybridized carbons (Fsp3) is 0.600. The fourth-order valence-corrected chi connectivity index (χ4v) is 1.82. The van der Waals surface area contributed by atoms with Crippen LogP contribution in [0, 0.1) is 6.92 Å². The van der Waals surface area contributed by atoms with Crippen molar-refractivity contribution in [3.63, 3.8) is 0 Å². The molecule has 0 saturated carbocycles. The molecular weight excluding hydrogens is 192 g/mol.